The van der Waals surface area contributed by atoms with Crippen LogP contribution in [-0.4, -0.2) is 21.2 Å². The van der Waals surface area contributed by atoms with E-state index in [1.165, 1.54) is 0 Å². The second kappa shape index (κ2) is 3.62. The highest BCUT2D eigenvalue weighted by Gasteiger charge is 2.14. The number of H-pyrrole nitrogens is 1. The lowest BCUT2D eigenvalue weighted by atomic mass is 10.2. The Morgan fingerprint density at radius 1 is 1.47 bits per heavy atom. The fourth-order valence-electron chi connectivity index (χ4n) is 1.59. The first kappa shape index (κ1) is 10.1. The predicted molar refractivity (Wildman–Crippen MR) is 58.4 cm³/mol. The normalized spacial score (nSPS) is 10.9. The van der Waals surface area contributed by atoms with Crippen LogP contribution in [0, 0.1) is 6.92 Å². The zero-order chi connectivity index (χ0) is 11.0. The number of aromatic amines is 1. The van der Waals surface area contributed by atoms with Crippen molar-refractivity contribution >= 4 is 28.9 Å². The zero-order valence-corrected chi connectivity index (χ0v) is 9.22. The number of hydrogen-bond donors (Lipinski definition) is 1. The van der Waals surface area contributed by atoms with E-state index in [1.807, 2.05) is 13.8 Å². The number of nitrogens with one attached hydrogen (secondary N) is 1. The van der Waals surface area contributed by atoms with Crippen molar-refractivity contribution in [2.75, 3.05) is 0 Å². The van der Waals surface area contributed by atoms with Gasteiger partial charge in [0.2, 0.25) is 0 Å². The number of nitrogens with zero attached hydrogens (tertiary/aromatic N) is 2. The van der Waals surface area contributed by atoms with Crippen molar-refractivity contribution in [2.45, 2.75) is 20.3 Å². The van der Waals surface area contributed by atoms with Crippen LogP contribution < -0.4 is 0 Å². The molecule has 0 aromatic carbocycles. The molecule has 0 fully saturated rings. The monoisotopic (exact) mass is 223 g/mol. The van der Waals surface area contributed by atoms with Crippen molar-refractivity contribution in [3.63, 3.8) is 0 Å². The lowest BCUT2D eigenvalue weighted by Crippen LogP contribution is -1.96. The third-order valence-corrected chi connectivity index (χ3v) is 2.60. The van der Waals surface area contributed by atoms with Crippen molar-refractivity contribution in [1.82, 2.24) is 15.0 Å². The van der Waals surface area contributed by atoms with Gasteiger partial charge in [0, 0.05) is 6.42 Å². The number of fused-ring (bicyclic) bond motifs is 1. The molecule has 2 aromatic rings. The van der Waals surface area contributed by atoms with Crippen molar-refractivity contribution in [3.8, 4) is 0 Å². The molecule has 0 aliphatic carbocycles. The van der Waals surface area contributed by atoms with Crippen molar-refractivity contribution in [2.24, 2.45) is 0 Å². The Balaban J connectivity index is 2.85. The van der Waals surface area contributed by atoms with Crippen LogP contribution in [0.1, 0.15) is 28.8 Å². The number of carbonyl (C=O) groups is 1. The molecule has 2 heterocycles. The van der Waals surface area contributed by atoms with E-state index in [0.717, 1.165) is 24.2 Å². The molecule has 2 rings (SSSR count). The first-order chi connectivity index (χ1) is 7.17. The molecular formula is C10H10ClN3O. The minimum Gasteiger partial charge on any atom is -0.330 e. The molecule has 0 bridgehead atoms. The summed E-state index contributed by atoms with van der Waals surface area (Å²) in [5.41, 5.74) is 1.85. The van der Waals surface area contributed by atoms with Crippen molar-refractivity contribution in [3.05, 3.63) is 22.2 Å². The van der Waals surface area contributed by atoms with Crippen LogP contribution in [0.15, 0.2) is 0 Å². The average molecular weight is 224 g/mol. The Hall–Kier alpha value is -1.42. The van der Waals surface area contributed by atoms with Gasteiger partial charge in [0.05, 0.1) is 16.6 Å². The SMILES string of the molecule is CCc1nc(C)c2c(C=O)c(Cl)[nH]c2n1. The Bertz CT molecular complexity index is 533. The van der Waals surface area contributed by atoms with Crippen molar-refractivity contribution in [1.29, 1.82) is 0 Å². The number of aldehydes is 1. The molecule has 5 heteroatoms. The summed E-state index contributed by atoms with van der Waals surface area (Å²) < 4.78 is 0. The minimum absolute atomic E-state index is 0.325. The van der Waals surface area contributed by atoms with E-state index in [9.17, 15) is 4.79 Å². The van der Waals surface area contributed by atoms with Gasteiger partial charge in [-0.25, -0.2) is 9.97 Å². The molecule has 0 saturated carbocycles. The largest absolute Gasteiger partial charge is 0.330 e. The van der Waals surface area contributed by atoms with E-state index >= 15 is 0 Å². The third-order valence-electron chi connectivity index (χ3n) is 2.30. The number of rotatable bonds is 2. The molecule has 0 saturated heterocycles. The second-order valence-corrected chi connectivity index (χ2v) is 3.65. The molecule has 4 nitrogen and oxygen atoms in total. The van der Waals surface area contributed by atoms with Gasteiger partial charge in [-0.3, -0.25) is 4.79 Å². The van der Waals surface area contributed by atoms with E-state index in [2.05, 4.69) is 15.0 Å². The highest BCUT2D eigenvalue weighted by Crippen LogP contribution is 2.25. The summed E-state index contributed by atoms with van der Waals surface area (Å²) in [7, 11) is 0. The summed E-state index contributed by atoms with van der Waals surface area (Å²) in [5.74, 6) is 0.746. The summed E-state index contributed by atoms with van der Waals surface area (Å²) >= 11 is 5.88. The Labute approximate surface area is 91.7 Å². The van der Waals surface area contributed by atoms with Gasteiger partial charge in [0.25, 0.3) is 0 Å². The molecule has 0 aliphatic heterocycles. The summed E-state index contributed by atoms with van der Waals surface area (Å²) in [6.45, 7) is 3.83. The molecule has 2 aromatic heterocycles. The zero-order valence-electron chi connectivity index (χ0n) is 8.47. The Kier molecular flexibility index (Phi) is 2.44. The number of halogens is 1. The molecule has 0 spiro atoms. The lowest BCUT2D eigenvalue weighted by molar-refractivity contribution is 0.112. The maximum atomic E-state index is 10.8. The van der Waals surface area contributed by atoms with E-state index in [1.54, 1.807) is 0 Å². The molecule has 0 radical (unpaired) electrons. The first-order valence-corrected chi connectivity index (χ1v) is 5.05. The fourth-order valence-corrected chi connectivity index (χ4v) is 1.82. The van der Waals surface area contributed by atoms with E-state index < -0.39 is 0 Å². The molecule has 78 valence electrons. The maximum absolute atomic E-state index is 10.8. The molecule has 0 atom stereocenters. The van der Waals surface area contributed by atoms with Gasteiger partial charge in [-0.2, -0.15) is 0 Å². The Morgan fingerprint density at radius 2 is 2.20 bits per heavy atom. The van der Waals surface area contributed by atoms with Gasteiger partial charge in [0.1, 0.15) is 16.6 Å². The molecule has 15 heavy (non-hydrogen) atoms. The smallest absolute Gasteiger partial charge is 0.153 e. The molecule has 0 unspecified atom stereocenters. The molecule has 0 aliphatic rings. The number of aromatic nitrogens is 3. The van der Waals surface area contributed by atoms with Crippen LogP contribution in [-0.2, 0) is 6.42 Å². The second-order valence-electron chi connectivity index (χ2n) is 3.27. The average Bonchev–Trinajstić information content (AvgIpc) is 2.53. The van der Waals surface area contributed by atoms with Gasteiger partial charge >= 0.3 is 0 Å². The van der Waals surface area contributed by atoms with Crippen LogP contribution in [0.3, 0.4) is 0 Å². The first-order valence-electron chi connectivity index (χ1n) is 4.67. The summed E-state index contributed by atoms with van der Waals surface area (Å²) in [6.07, 6.45) is 1.48. The van der Waals surface area contributed by atoms with Crippen LogP contribution >= 0.6 is 11.6 Å². The molecule has 1 N–H and O–H groups in total. The maximum Gasteiger partial charge on any atom is 0.153 e. The Morgan fingerprint density at radius 3 is 2.80 bits per heavy atom. The predicted octanol–water partition coefficient (Wildman–Crippen LogP) is 2.29. The summed E-state index contributed by atoms with van der Waals surface area (Å²) in [4.78, 5) is 22.3. The summed E-state index contributed by atoms with van der Waals surface area (Å²) in [6, 6.07) is 0. The van der Waals surface area contributed by atoms with Crippen LogP contribution in [0.4, 0.5) is 0 Å². The van der Waals surface area contributed by atoms with Crippen molar-refractivity contribution < 1.29 is 4.79 Å². The minimum atomic E-state index is 0.325. The van der Waals surface area contributed by atoms with Gasteiger partial charge < -0.3 is 4.98 Å². The van der Waals surface area contributed by atoms with Crippen LogP contribution in [0.25, 0.3) is 11.0 Å². The highest BCUT2D eigenvalue weighted by atomic mass is 35.5. The van der Waals surface area contributed by atoms with Gasteiger partial charge in [-0.1, -0.05) is 18.5 Å². The van der Waals surface area contributed by atoms with Crippen LogP contribution in [0.2, 0.25) is 5.15 Å². The number of carbonyl (C=O) groups excluding carboxylic acids is 1. The topological polar surface area (TPSA) is 58.6 Å². The number of hydrogen-bond acceptors (Lipinski definition) is 3. The van der Waals surface area contributed by atoms with E-state index in [4.69, 9.17) is 11.6 Å². The highest BCUT2D eigenvalue weighted by molar-refractivity contribution is 6.33. The third kappa shape index (κ3) is 1.51. The van der Waals surface area contributed by atoms with Gasteiger partial charge in [0.15, 0.2) is 6.29 Å². The lowest BCUT2D eigenvalue weighted by Gasteiger charge is -1.99. The standard InChI is InChI=1S/C10H10ClN3O/c1-3-7-12-5(2)8-6(4-15)9(11)14-10(8)13-7/h4H,3H2,1-2H3,(H,12,13,14). The van der Waals surface area contributed by atoms with Gasteiger partial charge in [-0.15, -0.1) is 0 Å². The molecule has 0 amide bonds. The number of aryl methyl sites for hydroxylation is 2. The van der Waals surface area contributed by atoms with Gasteiger partial charge in [-0.05, 0) is 6.92 Å². The van der Waals surface area contributed by atoms with E-state index in [0.29, 0.717) is 21.7 Å². The summed E-state index contributed by atoms with van der Waals surface area (Å²) in [5, 5.41) is 1.04. The fraction of sp³-hybridized carbons (Fsp3) is 0.300. The quantitative estimate of drug-likeness (QED) is 0.795. The van der Waals surface area contributed by atoms with E-state index in [-0.39, 0.29) is 0 Å². The van der Waals surface area contributed by atoms with Crippen LogP contribution in [0.5, 0.6) is 0 Å². The molecular weight excluding hydrogens is 214 g/mol.